The summed E-state index contributed by atoms with van der Waals surface area (Å²) >= 11 is 0. The van der Waals surface area contributed by atoms with E-state index in [4.69, 9.17) is 4.55 Å². The summed E-state index contributed by atoms with van der Waals surface area (Å²) in [4.78, 5) is -0.294. The van der Waals surface area contributed by atoms with Crippen LogP contribution in [0.15, 0.2) is 50.7 Å². The Hall–Kier alpha value is -1.73. The van der Waals surface area contributed by atoms with E-state index in [9.17, 15) is 13.5 Å². The number of rotatable bonds is 5. The molecule has 0 aliphatic rings. The molecular formula is C13H18N2O4S. The minimum atomic E-state index is -4.34. The highest BCUT2D eigenvalue weighted by Crippen LogP contribution is 2.25. The molecule has 0 saturated carbocycles. The van der Waals surface area contributed by atoms with Gasteiger partial charge in [-0.2, -0.15) is 18.6 Å². The number of benzene rings is 1. The van der Waals surface area contributed by atoms with Crippen LogP contribution in [0.1, 0.15) is 27.2 Å². The number of nitrogens with zero attached hydrogens (tertiary/aromatic N) is 2. The van der Waals surface area contributed by atoms with Crippen LogP contribution >= 0.6 is 0 Å². The van der Waals surface area contributed by atoms with Crippen LogP contribution in [0, 0.1) is 0 Å². The fourth-order valence-corrected chi connectivity index (χ4v) is 2.14. The van der Waals surface area contributed by atoms with Crippen molar-refractivity contribution < 1.29 is 18.1 Å². The molecule has 0 fully saturated rings. The van der Waals surface area contributed by atoms with Crippen molar-refractivity contribution in [2.24, 2.45) is 10.2 Å². The van der Waals surface area contributed by atoms with E-state index < -0.39 is 10.1 Å². The molecule has 1 atom stereocenters. The minimum Gasteiger partial charge on any atom is -0.512 e. The maximum absolute atomic E-state index is 11.2. The standard InChI is InChI=1S/C13H18N2O4S/c1-4-12(16)9(2)10(3)14-15-11-7-5-6-8-13(11)20(17,18)19/h5-8,10,16H,4H2,1-3H3,(H,17,18,19)/b12-9-,15-14?. The first kappa shape index (κ1) is 16.3. The second-order valence-electron chi connectivity index (χ2n) is 4.32. The molecule has 1 aromatic carbocycles. The van der Waals surface area contributed by atoms with Crippen molar-refractivity contribution in [1.82, 2.24) is 0 Å². The normalized spacial score (nSPS) is 15.2. The number of allylic oxidation sites excluding steroid dienone is 1. The van der Waals surface area contributed by atoms with Crippen LogP contribution in [0.25, 0.3) is 0 Å². The zero-order valence-electron chi connectivity index (χ0n) is 11.6. The number of hydrogen-bond acceptors (Lipinski definition) is 5. The Balaban J connectivity index is 3.09. The van der Waals surface area contributed by atoms with Gasteiger partial charge in [0.15, 0.2) is 0 Å². The highest BCUT2D eigenvalue weighted by Gasteiger charge is 2.15. The Bertz CT molecular complexity index is 636. The van der Waals surface area contributed by atoms with E-state index >= 15 is 0 Å². The lowest BCUT2D eigenvalue weighted by molar-refractivity contribution is 0.382. The molecule has 110 valence electrons. The fraction of sp³-hybridized carbons (Fsp3) is 0.385. The number of aliphatic hydroxyl groups excluding tert-OH is 1. The van der Waals surface area contributed by atoms with E-state index in [-0.39, 0.29) is 22.4 Å². The van der Waals surface area contributed by atoms with Crippen molar-refractivity contribution in [3.05, 3.63) is 35.6 Å². The SMILES string of the molecule is CC/C(O)=C(\C)C(C)N=Nc1ccccc1S(=O)(=O)O. The lowest BCUT2D eigenvalue weighted by atomic mass is 10.1. The largest absolute Gasteiger partial charge is 0.512 e. The lowest BCUT2D eigenvalue weighted by Crippen LogP contribution is -2.03. The molecule has 0 aliphatic carbocycles. The molecule has 0 spiro atoms. The van der Waals surface area contributed by atoms with Crippen molar-refractivity contribution in [1.29, 1.82) is 0 Å². The second kappa shape index (κ2) is 6.62. The first-order valence-electron chi connectivity index (χ1n) is 6.13. The highest BCUT2D eigenvalue weighted by atomic mass is 32.2. The number of hydrogen-bond donors (Lipinski definition) is 2. The van der Waals surface area contributed by atoms with Crippen LogP contribution in [0.4, 0.5) is 5.69 Å². The second-order valence-corrected chi connectivity index (χ2v) is 5.71. The van der Waals surface area contributed by atoms with Gasteiger partial charge in [-0.25, -0.2) is 0 Å². The van der Waals surface area contributed by atoms with Crippen molar-refractivity contribution in [3.63, 3.8) is 0 Å². The summed E-state index contributed by atoms with van der Waals surface area (Å²) < 4.78 is 31.5. The maximum atomic E-state index is 11.2. The van der Waals surface area contributed by atoms with Crippen LogP contribution in [-0.2, 0) is 10.1 Å². The molecule has 0 aliphatic heterocycles. The summed E-state index contributed by atoms with van der Waals surface area (Å²) in [6, 6.07) is 5.39. The fourth-order valence-electron chi connectivity index (χ4n) is 1.51. The molecule has 0 amide bonds. The predicted molar refractivity (Wildman–Crippen MR) is 75.9 cm³/mol. The van der Waals surface area contributed by atoms with Crippen LogP contribution in [0.2, 0.25) is 0 Å². The molecule has 0 radical (unpaired) electrons. The molecule has 1 aromatic rings. The zero-order valence-corrected chi connectivity index (χ0v) is 12.4. The molecule has 1 unspecified atom stereocenters. The third-order valence-electron chi connectivity index (χ3n) is 2.90. The topological polar surface area (TPSA) is 99.3 Å². The summed E-state index contributed by atoms with van der Waals surface area (Å²) in [5.41, 5.74) is 0.728. The zero-order chi connectivity index (χ0) is 15.3. The van der Waals surface area contributed by atoms with Gasteiger partial charge in [0, 0.05) is 6.42 Å². The van der Waals surface area contributed by atoms with Crippen molar-refractivity contribution in [2.45, 2.75) is 38.1 Å². The number of azo groups is 1. The monoisotopic (exact) mass is 298 g/mol. The lowest BCUT2D eigenvalue weighted by Gasteiger charge is -2.08. The van der Waals surface area contributed by atoms with E-state index in [2.05, 4.69) is 10.2 Å². The van der Waals surface area contributed by atoms with Crippen molar-refractivity contribution in [2.75, 3.05) is 0 Å². The first-order chi connectivity index (χ1) is 9.27. The summed E-state index contributed by atoms with van der Waals surface area (Å²) in [5.74, 6) is 0.236. The van der Waals surface area contributed by atoms with Gasteiger partial charge < -0.3 is 5.11 Å². The van der Waals surface area contributed by atoms with Crippen LogP contribution < -0.4 is 0 Å². The van der Waals surface area contributed by atoms with E-state index in [0.29, 0.717) is 12.0 Å². The molecule has 2 N–H and O–H groups in total. The van der Waals surface area contributed by atoms with Gasteiger partial charge in [-0.15, -0.1) is 0 Å². The van der Waals surface area contributed by atoms with Gasteiger partial charge in [-0.3, -0.25) is 4.55 Å². The quantitative estimate of drug-likeness (QED) is 0.492. The average molecular weight is 298 g/mol. The van der Waals surface area contributed by atoms with Gasteiger partial charge in [0.2, 0.25) is 0 Å². The summed E-state index contributed by atoms with van der Waals surface area (Å²) in [5, 5.41) is 17.4. The molecular weight excluding hydrogens is 280 g/mol. The maximum Gasteiger partial charge on any atom is 0.296 e. The molecule has 0 bridgehead atoms. The smallest absolute Gasteiger partial charge is 0.296 e. The van der Waals surface area contributed by atoms with Crippen LogP contribution in [0.5, 0.6) is 0 Å². The molecule has 7 heteroatoms. The molecule has 0 heterocycles. The average Bonchev–Trinajstić information content (AvgIpc) is 2.42. The molecule has 0 aromatic heterocycles. The van der Waals surface area contributed by atoms with Gasteiger partial charge in [0.1, 0.15) is 10.6 Å². The van der Waals surface area contributed by atoms with Crippen LogP contribution in [0.3, 0.4) is 0 Å². The Kier molecular flexibility index (Phi) is 5.41. The summed E-state index contributed by atoms with van der Waals surface area (Å²) in [6.45, 7) is 5.29. The van der Waals surface area contributed by atoms with E-state index in [1.165, 1.54) is 18.2 Å². The third kappa shape index (κ3) is 4.14. The van der Waals surface area contributed by atoms with E-state index in [0.717, 1.165) is 0 Å². The number of aliphatic hydroxyl groups is 1. The van der Waals surface area contributed by atoms with Gasteiger partial charge in [0.05, 0.1) is 11.8 Å². The summed E-state index contributed by atoms with van der Waals surface area (Å²) in [7, 11) is -4.34. The molecule has 6 nitrogen and oxygen atoms in total. The van der Waals surface area contributed by atoms with E-state index in [1.807, 2.05) is 6.92 Å². The van der Waals surface area contributed by atoms with Gasteiger partial charge in [-0.05, 0) is 31.6 Å². The molecule has 20 heavy (non-hydrogen) atoms. The van der Waals surface area contributed by atoms with Crippen molar-refractivity contribution >= 4 is 15.8 Å². The van der Waals surface area contributed by atoms with Crippen LogP contribution in [-0.4, -0.2) is 24.1 Å². The first-order valence-corrected chi connectivity index (χ1v) is 7.57. The Morgan fingerprint density at radius 3 is 2.50 bits per heavy atom. The molecule has 0 saturated heterocycles. The van der Waals surface area contributed by atoms with Gasteiger partial charge >= 0.3 is 0 Å². The Morgan fingerprint density at radius 1 is 1.35 bits per heavy atom. The predicted octanol–water partition coefficient (Wildman–Crippen LogP) is 3.65. The Labute approximate surface area is 118 Å². The van der Waals surface area contributed by atoms with Crippen molar-refractivity contribution in [3.8, 4) is 0 Å². The highest BCUT2D eigenvalue weighted by molar-refractivity contribution is 7.86. The Morgan fingerprint density at radius 2 is 1.95 bits per heavy atom. The molecule has 1 rings (SSSR count). The van der Waals surface area contributed by atoms with Gasteiger partial charge in [0.25, 0.3) is 10.1 Å². The minimum absolute atomic E-state index is 0.0608. The van der Waals surface area contributed by atoms with Gasteiger partial charge in [-0.1, -0.05) is 19.1 Å². The third-order valence-corrected chi connectivity index (χ3v) is 3.80. The van der Waals surface area contributed by atoms with E-state index in [1.54, 1.807) is 19.9 Å². The summed E-state index contributed by atoms with van der Waals surface area (Å²) in [6.07, 6.45) is 0.493.